The van der Waals surface area contributed by atoms with Crippen molar-refractivity contribution in [3.63, 3.8) is 0 Å². The summed E-state index contributed by atoms with van der Waals surface area (Å²) in [6.07, 6.45) is -0.209. The molecule has 0 radical (unpaired) electrons. The number of piperazine rings is 1. The summed E-state index contributed by atoms with van der Waals surface area (Å²) in [6.45, 7) is 1.79. The van der Waals surface area contributed by atoms with Crippen molar-refractivity contribution in [2.45, 2.75) is 25.3 Å². The normalized spacial score (nSPS) is 17.6. The van der Waals surface area contributed by atoms with Crippen molar-refractivity contribution in [3.8, 4) is 11.5 Å². The third-order valence-corrected chi connectivity index (χ3v) is 6.52. The number of phenols is 1. The molecule has 2 aromatic carbocycles. The van der Waals surface area contributed by atoms with Gasteiger partial charge in [0.15, 0.2) is 11.6 Å². The Morgan fingerprint density at radius 2 is 1.85 bits per heavy atom. The first-order valence-electron chi connectivity index (χ1n) is 12.0. The van der Waals surface area contributed by atoms with Crippen molar-refractivity contribution < 1.29 is 52.6 Å². The summed E-state index contributed by atoms with van der Waals surface area (Å²) in [7, 11) is -1.84. The minimum absolute atomic E-state index is 0.0587. The van der Waals surface area contributed by atoms with Gasteiger partial charge in [0.2, 0.25) is 5.91 Å². The van der Waals surface area contributed by atoms with E-state index in [-0.39, 0.29) is 37.2 Å². The number of nitrogens with one attached hydrogen (secondary N) is 2. The van der Waals surface area contributed by atoms with Gasteiger partial charge in [-0.05, 0) is 42.7 Å². The lowest BCUT2D eigenvalue weighted by Crippen LogP contribution is -2.60. The molecule has 1 fully saturated rings. The van der Waals surface area contributed by atoms with Gasteiger partial charge in [-0.15, -0.1) is 0 Å². The van der Waals surface area contributed by atoms with Crippen molar-refractivity contribution in [2.75, 3.05) is 19.6 Å². The summed E-state index contributed by atoms with van der Waals surface area (Å²) in [6, 6.07) is 2.13. The van der Waals surface area contributed by atoms with Crippen LogP contribution in [0.5, 0.6) is 11.5 Å². The van der Waals surface area contributed by atoms with Gasteiger partial charge in [-0.2, -0.15) is 0 Å². The lowest BCUT2D eigenvalue weighted by molar-refractivity contribution is -0.153. The van der Waals surface area contributed by atoms with Crippen LogP contribution in [-0.2, 0) is 20.8 Å². The fourth-order valence-electron chi connectivity index (χ4n) is 4.40. The Balaban J connectivity index is 1.58. The molecule has 2 heterocycles. The van der Waals surface area contributed by atoms with Crippen LogP contribution in [0.4, 0.5) is 13.6 Å². The zero-order chi connectivity index (χ0) is 29.3. The second-order valence-electron chi connectivity index (χ2n) is 8.98. The first kappa shape index (κ1) is 28.3. The van der Waals surface area contributed by atoms with Crippen molar-refractivity contribution >= 4 is 36.8 Å². The van der Waals surface area contributed by atoms with E-state index in [0.717, 1.165) is 24.3 Å². The lowest BCUT2D eigenvalue weighted by atomic mass is 9.72. The van der Waals surface area contributed by atoms with Crippen LogP contribution in [0.15, 0.2) is 30.3 Å². The predicted octanol–water partition coefficient (Wildman–Crippen LogP) is -0.0504. The number of hydrogen-bond donors (Lipinski definition) is 5. The Hall–Kier alpha value is -4.73. The molecule has 0 spiro atoms. The zero-order valence-corrected chi connectivity index (χ0v) is 20.9. The van der Waals surface area contributed by atoms with Gasteiger partial charge in [0.25, 0.3) is 0 Å². The van der Waals surface area contributed by atoms with Crippen LogP contribution in [-0.4, -0.2) is 87.5 Å². The average molecular weight is 560 g/mol. The highest BCUT2D eigenvalue weighted by atomic mass is 19.1. The highest BCUT2D eigenvalue weighted by molar-refractivity contribution is 6.47. The molecule has 210 valence electrons. The van der Waals surface area contributed by atoms with Gasteiger partial charge in [-0.25, -0.2) is 18.4 Å². The summed E-state index contributed by atoms with van der Waals surface area (Å²) < 4.78 is 33.4. The summed E-state index contributed by atoms with van der Waals surface area (Å²) in [5.74, 6) is -9.28. The van der Waals surface area contributed by atoms with Crippen LogP contribution in [0.2, 0.25) is 0 Å². The Morgan fingerprint density at radius 3 is 2.50 bits per heavy atom. The minimum Gasteiger partial charge on any atom is -0.534 e. The number of likely N-dealkylation sites (N-methyl/N-ethyl adjacent to an activating group) is 1. The van der Waals surface area contributed by atoms with Gasteiger partial charge in [-0.3, -0.25) is 19.3 Å². The van der Waals surface area contributed by atoms with Crippen molar-refractivity contribution in [2.24, 2.45) is 0 Å². The number of halogens is 2. The number of carboxylic acid groups (broad SMARTS) is 1. The molecule has 5 N–H and O–H groups in total. The second kappa shape index (κ2) is 11.2. The number of aromatic hydroxyl groups is 1. The second-order valence-corrected chi connectivity index (χ2v) is 8.98. The smallest absolute Gasteiger partial charge is 0.534 e. The molecule has 13 nitrogen and oxygen atoms in total. The third-order valence-electron chi connectivity index (χ3n) is 6.52. The maximum absolute atomic E-state index is 14.2. The van der Waals surface area contributed by atoms with E-state index in [1.54, 1.807) is 6.92 Å². The van der Waals surface area contributed by atoms with Crippen LogP contribution in [0.25, 0.3) is 0 Å². The molecule has 2 unspecified atom stereocenters. The number of aromatic carboxylic acids is 1. The standard InChI is InChI=1S/C24H23BF2N4O9/c1-2-30-7-8-31(22(35)21(30)34)24(38)29-18(11-4-6-15(32)14(27)9-11)20(33)28-16-10-12-3-5-13(26)17(23(36)37)19(12)40-25(16)39/h3-6,9,16,18,32,39H,2,7-8,10H2,1H3,(H,28,33)(H,29,38)(H,36,37). The van der Waals surface area contributed by atoms with E-state index in [4.69, 9.17) is 4.65 Å². The minimum atomic E-state index is -1.84. The zero-order valence-electron chi connectivity index (χ0n) is 20.9. The number of hydrogen-bond acceptors (Lipinski definition) is 8. The van der Waals surface area contributed by atoms with Gasteiger partial charge < -0.3 is 35.4 Å². The topological polar surface area (TPSA) is 186 Å². The predicted molar refractivity (Wildman–Crippen MR) is 131 cm³/mol. The Bertz CT molecular complexity index is 1410. The fraction of sp³-hybridized carbons (Fsp3) is 0.292. The maximum Gasteiger partial charge on any atom is 0.547 e. The lowest BCUT2D eigenvalue weighted by Gasteiger charge is -2.33. The summed E-state index contributed by atoms with van der Waals surface area (Å²) >= 11 is 0. The van der Waals surface area contributed by atoms with E-state index < -0.39 is 77.5 Å². The van der Waals surface area contributed by atoms with Gasteiger partial charge in [0, 0.05) is 19.6 Å². The Morgan fingerprint density at radius 1 is 1.12 bits per heavy atom. The Labute approximate surface area is 225 Å². The van der Waals surface area contributed by atoms with Crippen LogP contribution >= 0.6 is 0 Å². The molecule has 2 atom stereocenters. The molecule has 2 aliphatic heterocycles. The van der Waals surface area contributed by atoms with Crippen molar-refractivity contribution in [1.82, 2.24) is 20.4 Å². The van der Waals surface area contributed by atoms with E-state index in [1.165, 1.54) is 11.0 Å². The number of imide groups is 1. The van der Waals surface area contributed by atoms with Gasteiger partial charge in [-0.1, -0.05) is 12.1 Å². The highest BCUT2D eigenvalue weighted by Gasteiger charge is 2.41. The van der Waals surface area contributed by atoms with E-state index >= 15 is 0 Å². The van der Waals surface area contributed by atoms with Crippen LogP contribution < -0.4 is 15.3 Å². The molecule has 5 amide bonds. The number of fused-ring (bicyclic) bond motifs is 1. The molecule has 0 aliphatic carbocycles. The van der Waals surface area contributed by atoms with E-state index in [2.05, 4.69) is 10.6 Å². The number of phenolic OH excluding ortho intramolecular Hbond substituents is 1. The summed E-state index contributed by atoms with van der Waals surface area (Å²) in [5, 5.41) is 34.0. The number of carboxylic acids is 1. The number of benzene rings is 2. The van der Waals surface area contributed by atoms with Gasteiger partial charge >= 0.3 is 30.9 Å². The molecule has 4 rings (SSSR count). The van der Waals surface area contributed by atoms with Crippen LogP contribution in [0.3, 0.4) is 0 Å². The molecular formula is C24H23BF2N4O9. The first-order chi connectivity index (χ1) is 18.9. The molecule has 40 heavy (non-hydrogen) atoms. The summed E-state index contributed by atoms with van der Waals surface area (Å²) in [4.78, 5) is 64.3. The number of nitrogens with zero attached hydrogens (tertiary/aromatic N) is 2. The number of carbonyl (C=O) groups is 5. The van der Waals surface area contributed by atoms with Gasteiger partial charge in [0.05, 0.1) is 5.94 Å². The largest absolute Gasteiger partial charge is 0.547 e. The SMILES string of the molecule is CCN1CCN(C(=O)NC(C(=O)NC2Cc3ccc(F)c(C(=O)O)c3OB2O)c2ccc(O)c(F)c2)C(=O)C1=O. The van der Waals surface area contributed by atoms with E-state index in [9.17, 15) is 48.0 Å². The molecular weight excluding hydrogens is 537 g/mol. The quantitative estimate of drug-likeness (QED) is 0.239. The summed E-state index contributed by atoms with van der Waals surface area (Å²) in [5.41, 5.74) is -0.800. The molecule has 0 bridgehead atoms. The molecule has 0 saturated carbocycles. The first-order valence-corrected chi connectivity index (χ1v) is 12.0. The molecule has 2 aliphatic rings. The van der Waals surface area contributed by atoms with Crippen LogP contribution in [0, 0.1) is 11.6 Å². The molecule has 0 aromatic heterocycles. The van der Waals surface area contributed by atoms with Crippen molar-refractivity contribution in [1.29, 1.82) is 0 Å². The number of rotatable bonds is 6. The Kier molecular flexibility index (Phi) is 7.90. The monoisotopic (exact) mass is 560 g/mol. The number of carbonyl (C=O) groups excluding carboxylic acids is 4. The molecule has 1 saturated heterocycles. The fourth-order valence-corrected chi connectivity index (χ4v) is 4.40. The third kappa shape index (κ3) is 5.38. The van der Waals surface area contributed by atoms with Crippen molar-refractivity contribution in [3.05, 3.63) is 58.7 Å². The highest BCUT2D eigenvalue weighted by Crippen LogP contribution is 2.32. The number of amides is 5. The average Bonchev–Trinajstić information content (AvgIpc) is 2.90. The van der Waals surface area contributed by atoms with E-state index in [0.29, 0.717) is 4.90 Å². The van der Waals surface area contributed by atoms with E-state index in [1.807, 2.05) is 0 Å². The molecule has 16 heteroatoms. The molecule has 2 aromatic rings. The maximum atomic E-state index is 14.2. The van der Waals surface area contributed by atoms with Crippen LogP contribution in [0.1, 0.15) is 34.5 Å². The van der Waals surface area contributed by atoms with Gasteiger partial charge in [0.1, 0.15) is 23.2 Å². The number of urea groups is 1.